The molecule has 1 N–H and O–H groups in total. The van der Waals surface area contributed by atoms with E-state index in [2.05, 4.69) is 41.2 Å². The molecule has 19 heavy (non-hydrogen) atoms. The molecule has 0 aromatic carbocycles. The molecule has 0 spiro atoms. The van der Waals surface area contributed by atoms with Crippen molar-refractivity contribution in [1.29, 1.82) is 0 Å². The number of likely N-dealkylation sites (N-methyl/N-ethyl adjacent to an activating group) is 1. The number of rotatable bonds is 8. The summed E-state index contributed by atoms with van der Waals surface area (Å²) in [6, 6.07) is 3.83. The lowest BCUT2D eigenvalue weighted by Gasteiger charge is -2.31. The van der Waals surface area contributed by atoms with Gasteiger partial charge >= 0.3 is 0 Å². The van der Waals surface area contributed by atoms with Crippen LogP contribution in [0.5, 0.6) is 5.88 Å². The maximum Gasteiger partial charge on any atom is 0.233 e. The van der Waals surface area contributed by atoms with Crippen molar-refractivity contribution in [2.45, 2.75) is 39.3 Å². The summed E-state index contributed by atoms with van der Waals surface area (Å²) in [5, 5.41) is 11.5. The second-order valence-corrected chi connectivity index (χ2v) is 5.54. The second-order valence-electron chi connectivity index (χ2n) is 5.54. The molecule has 5 heteroatoms. The van der Waals surface area contributed by atoms with Gasteiger partial charge in [-0.05, 0) is 47.0 Å². The van der Waals surface area contributed by atoms with Crippen LogP contribution >= 0.6 is 0 Å². The van der Waals surface area contributed by atoms with E-state index < -0.39 is 0 Å². The summed E-state index contributed by atoms with van der Waals surface area (Å²) in [5.41, 5.74) is 0.913. The lowest BCUT2D eigenvalue weighted by molar-refractivity contribution is 0.110. The molecule has 0 unspecified atom stereocenters. The second kappa shape index (κ2) is 7.40. The fourth-order valence-corrected chi connectivity index (χ4v) is 1.29. The normalized spacial score (nSPS) is 11.9. The van der Waals surface area contributed by atoms with Gasteiger partial charge in [0.1, 0.15) is 6.61 Å². The smallest absolute Gasteiger partial charge is 0.233 e. The number of aromatic nitrogens is 2. The van der Waals surface area contributed by atoms with Gasteiger partial charge in [0.2, 0.25) is 5.88 Å². The van der Waals surface area contributed by atoms with E-state index in [1.165, 1.54) is 0 Å². The Labute approximate surface area is 116 Å². The molecule has 0 aliphatic heterocycles. The van der Waals surface area contributed by atoms with Gasteiger partial charge in [0.05, 0.1) is 5.69 Å². The predicted molar refractivity (Wildman–Crippen MR) is 77.3 cm³/mol. The Balaban J connectivity index is 2.44. The molecule has 0 atom stereocenters. The molecule has 0 saturated heterocycles. The summed E-state index contributed by atoms with van der Waals surface area (Å²) in [6.45, 7) is 8.73. The zero-order valence-electron chi connectivity index (χ0n) is 12.7. The van der Waals surface area contributed by atoms with E-state index in [9.17, 15) is 0 Å². The van der Waals surface area contributed by atoms with Crippen LogP contribution in [0.1, 0.15) is 32.9 Å². The molecule has 1 rings (SSSR count). The maximum atomic E-state index is 5.68. The molecule has 0 aliphatic carbocycles. The van der Waals surface area contributed by atoms with Crippen molar-refractivity contribution in [1.82, 2.24) is 20.4 Å². The third-order valence-electron chi connectivity index (χ3n) is 3.21. The highest BCUT2D eigenvalue weighted by Crippen LogP contribution is 2.13. The Kier molecular flexibility index (Phi) is 6.18. The van der Waals surface area contributed by atoms with Crippen LogP contribution in [-0.2, 0) is 6.54 Å². The first kappa shape index (κ1) is 15.9. The van der Waals surface area contributed by atoms with Crippen molar-refractivity contribution < 1.29 is 4.74 Å². The Morgan fingerprint density at radius 3 is 2.53 bits per heavy atom. The van der Waals surface area contributed by atoms with E-state index >= 15 is 0 Å². The Morgan fingerprint density at radius 1 is 1.26 bits per heavy atom. The number of hydrogen-bond acceptors (Lipinski definition) is 5. The molecule has 0 fully saturated rings. The standard InChI is InChI=1S/C14H26N4O/c1-6-9-15-10-12-7-8-13(17-16-12)19-11-14(2,3)18(4)5/h7-8,15H,6,9-11H2,1-5H3. The topological polar surface area (TPSA) is 50.3 Å². The quantitative estimate of drug-likeness (QED) is 0.726. The van der Waals surface area contributed by atoms with Crippen LogP contribution in [0.4, 0.5) is 0 Å². The van der Waals surface area contributed by atoms with E-state index in [1.54, 1.807) is 0 Å². The van der Waals surface area contributed by atoms with Crippen molar-refractivity contribution in [3.05, 3.63) is 17.8 Å². The van der Waals surface area contributed by atoms with Gasteiger partial charge in [-0.3, -0.25) is 0 Å². The predicted octanol–water partition coefficient (Wildman–Crippen LogP) is 1.70. The average Bonchev–Trinajstić information content (AvgIpc) is 2.38. The highest BCUT2D eigenvalue weighted by Gasteiger charge is 2.21. The maximum absolute atomic E-state index is 5.68. The van der Waals surface area contributed by atoms with Crippen LogP contribution in [0.3, 0.4) is 0 Å². The molecule has 0 radical (unpaired) electrons. The van der Waals surface area contributed by atoms with Crippen molar-refractivity contribution in [2.24, 2.45) is 0 Å². The van der Waals surface area contributed by atoms with Gasteiger partial charge in [-0.1, -0.05) is 6.92 Å². The first-order chi connectivity index (χ1) is 8.95. The number of ether oxygens (including phenoxy) is 1. The fourth-order valence-electron chi connectivity index (χ4n) is 1.29. The molecular formula is C14H26N4O. The summed E-state index contributed by atoms with van der Waals surface area (Å²) in [5.74, 6) is 0.578. The largest absolute Gasteiger partial charge is 0.475 e. The van der Waals surface area contributed by atoms with E-state index in [4.69, 9.17) is 4.74 Å². The fraction of sp³-hybridized carbons (Fsp3) is 0.714. The third kappa shape index (κ3) is 5.53. The average molecular weight is 266 g/mol. The molecule has 0 bridgehead atoms. The van der Waals surface area contributed by atoms with E-state index in [1.807, 2.05) is 26.2 Å². The summed E-state index contributed by atoms with van der Waals surface area (Å²) < 4.78 is 5.68. The SMILES string of the molecule is CCCNCc1ccc(OCC(C)(C)N(C)C)nn1. The van der Waals surface area contributed by atoms with Crippen molar-refractivity contribution in [3.63, 3.8) is 0 Å². The molecule has 0 saturated carbocycles. The van der Waals surface area contributed by atoms with Gasteiger partial charge in [0, 0.05) is 18.2 Å². The molecule has 0 aliphatic rings. The number of nitrogens with one attached hydrogen (secondary N) is 1. The molecule has 0 amide bonds. The minimum absolute atomic E-state index is 0.0248. The minimum Gasteiger partial charge on any atom is -0.475 e. The Bertz CT molecular complexity index is 362. The van der Waals surface area contributed by atoms with E-state index in [-0.39, 0.29) is 5.54 Å². The Morgan fingerprint density at radius 2 is 2.00 bits per heavy atom. The van der Waals surface area contributed by atoms with Crippen LogP contribution < -0.4 is 10.1 Å². The van der Waals surface area contributed by atoms with Crippen molar-refractivity contribution in [3.8, 4) is 5.88 Å². The number of hydrogen-bond donors (Lipinski definition) is 1. The van der Waals surface area contributed by atoms with E-state index in [0.29, 0.717) is 12.5 Å². The van der Waals surface area contributed by atoms with Crippen LogP contribution in [-0.4, -0.2) is 47.9 Å². The van der Waals surface area contributed by atoms with Crippen LogP contribution in [0.2, 0.25) is 0 Å². The first-order valence-corrected chi connectivity index (χ1v) is 6.79. The molecule has 5 nitrogen and oxygen atoms in total. The summed E-state index contributed by atoms with van der Waals surface area (Å²) in [7, 11) is 4.08. The molecule has 1 aromatic heterocycles. The van der Waals surface area contributed by atoms with Crippen molar-refractivity contribution >= 4 is 0 Å². The molecule has 1 heterocycles. The Hall–Kier alpha value is -1.20. The zero-order valence-corrected chi connectivity index (χ0v) is 12.7. The number of nitrogens with zero attached hydrogens (tertiary/aromatic N) is 3. The van der Waals surface area contributed by atoms with Gasteiger partial charge in [0.25, 0.3) is 0 Å². The molecule has 108 valence electrons. The minimum atomic E-state index is -0.0248. The third-order valence-corrected chi connectivity index (χ3v) is 3.21. The lowest BCUT2D eigenvalue weighted by Crippen LogP contribution is -2.43. The van der Waals surface area contributed by atoms with Crippen LogP contribution in [0.15, 0.2) is 12.1 Å². The highest BCUT2D eigenvalue weighted by molar-refractivity contribution is 5.11. The summed E-state index contributed by atoms with van der Waals surface area (Å²) in [6.07, 6.45) is 1.12. The van der Waals surface area contributed by atoms with Gasteiger partial charge in [-0.15, -0.1) is 5.10 Å². The van der Waals surface area contributed by atoms with Crippen LogP contribution in [0.25, 0.3) is 0 Å². The van der Waals surface area contributed by atoms with Crippen molar-refractivity contribution in [2.75, 3.05) is 27.2 Å². The summed E-state index contributed by atoms with van der Waals surface area (Å²) >= 11 is 0. The monoisotopic (exact) mass is 266 g/mol. The van der Waals surface area contributed by atoms with E-state index in [0.717, 1.165) is 25.2 Å². The molecule has 1 aromatic rings. The zero-order chi connectivity index (χ0) is 14.3. The van der Waals surface area contributed by atoms with Gasteiger partial charge in [-0.2, -0.15) is 5.10 Å². The lowest BCUT2D eigenvalue weighted by atomic mass is 10.1. The van der Waals surface area contributed by atoms with Gasteiger partial charge < -0.3 is 15.0 Å². The van der Waals surface area contributed by atoms with Gasteiger partial charge in [0.15, 0.2) is 0 Å². The summed E-state index contributed by atoms with van der Waals surface area (Å²) in [4.78, 5) is 2.13. The molecular weight excluding hydrogens is 240 g/mol. The van der Waals surface area contributed by atoms with Crippen LogP contribution in [0, 0.1) is 0 Å². The van der Waals surface area contributed by atoms with Gasteiger partial charge in [-0.25, -0.2) is 0 Å². The highest BCUT2D eigenvalue weighted by atomic mass is 16.5. The first-order valence-electron chi connectivity index (χ1n) is 6.79.